The molecule has 0 saturated heterocycles. The summed E-state index contributed by atoms with van der Waals surface area (Å²) in [6.07, 6.45) is 1.64. The number of aromatic nitrogens is 1. The minimum absolute atomic E-state index is 0.231. The van der Waals surface area contributed by atoms with Gasteiger partial charge < -0.3 is 5.11 Å². The molecule has 2 aromatic rings. The smallest absolute Gasteiger partial charge is 0.203 e. The van der Waals surface area contributed by atoms with E-state index in [0.29, 0.717) is 0 Å². The molecule has 0 bridgehead atoms. The minimum atomic E-state index is 0.231. The van der Waals surface area contributed by atoms with Crippen LogP contribution in [0.2, 0.25) is 0 Å². The van der Waals surface area contributed by atoms with Crippen molar-refractivity contribution in [3.8, 4) is 5.75 Å². The average Bonchev–Trinajstić information content (AvgIpc) is 2.64. The van der Waals surface area contributed by atoms with Crippen LogP contribution in [-0.2, 0) is 0 Å². The molecular weight excluding hydrogens is 222 g/mol. The average molecular weight is 233 g/mol. The lowest BCUT2D eigenvalue weighted by Crippen LogP contribution is -1.89. The maximum atomic E-state index is 9.24. The van der Waals surface area contributed by atoms with E-state index in [1.54, 1.807) is 24.4 Å². The van der Waals surface area contributed by atoms with Crippen molar-refractivity contribution < 1.29 is 5.11 Å². The van der Waals surface area contributed by atoms with Crippen LogP contribution in [-0.4, -0.2) is 16.3 Å². The third-order valence-corrected chi connectivity index (χ3v) is 2.73. The summed E-state index contributed by atoms with van der Waals surface area (Å²) >= 11 is 1.50. The van der Waals surface area contributed by atoms with Crippen LogP contribution in [0.1, 0.15) is 11.3 Å². The number of hydrazone groups is 1. The highest BCUT2D eigenvalue weighted by atomic mass is 32.1. The molecule has 82 valence electrons. The number of phenolic OH excluding ortho intramolecular Hbond substituents is 1. The quantitative estimate of drug-likeness (QED) is 0.633. The van der Waals surface area contributed by atoms with E-state index >= 15 is 0 Å². The molecule has 0 radical (unpaired) electrons. The SMILES string of the molecule is Cc1csc(N/N=C\c2cccc(O)c2)n1. The summed E-state index contributed by atoms with van der Waals surface area (Å²) in [5.41, 5.74) is 4.63. The van der Waals surface area contributed by atoms with Crippen molar-refractivity contribution in [2.75, 3.05) is 5.43 Å². The lowest BCUT2D eigenvalue weighted by Gasteiger charge is -1.95. The molecule has 2 N–H and O–H groups in total. The molecule has 1 heterocycles. The van der Waals surface area contributed by atoms with Crippen molar-refractivity contribution in [2.24, 2.45) is 5.10 Å². The Morgan fingerprint density at radius 2 is 2.38 bits per heavy atom. The Bertz CT molecular complexity index is 507. The van der Waals surface area contributed by atoms with Gasteiger partial charge in [0.1, 0.15) is 5.75 Å². The van der Waals surface area contributed by atoms with Crippen LogP contribution in [0.15, 0.2) is 34.7 Å². The van der Waals surface area contributed by atoms with Gasteiger partial charge in [0.25, 0.3) is 0 Å². The predicted octanol–water partition coefficient (Wildman–Crippen LogP) is 2.60. The van der Waals surface area contributed by atoms with Crippen molar-refractivity contribution in [1.29, 1.82) is 0 Å². The molecule has 0 amide bonds. The topological polar surface area (TPSA) is 57.5 Å². The Morgan fingerprint density at radius 3 is 3.06 bits per heavy atom. The first kappa shape index (κ1) is 10.6. The van der Waals surface area contributed by atoms with Crippen molar-refractivity contribution >= 4 is 22.7 Å². The van der Waals surface area contributed by atoms with Crippen LogP contribution in [0.5, 0.6) is 5.75 Å². The monoisotopic (exact) mass is 233 g/mol. The van der Waals surface area contributed by atoms with E-state index < -0.39 is 0 Å². The molecule has 0 aliphatic rings. The van der Waals surface area contributed by atoms with Crippen LogP contribution in [0.4, 0.5) is 5.13 Å². The molecule has 0 saturated carbocycles. The lowest BCUT2D eigenvalue weighted by molar-refractivity contribution is 0.475. The Morgan fingerprint density at radius 1 is 1.50 bits per heavy atom. The first-order chi connectivity index (χ1) is 7.74. The number of aryl methyl sites for hydroxylation is 1. The summed E-state index contributed by atoms with van der Waals surface area (Å²) in [5.74, 6) is 0.231. The lowest BCUT2D eigenvalue weighted by atomic mass is 10.2. The summed E-state index contributed by atoms with van der Waals surface area (Å²) in [6, 6.07) is 6.88. The Balaban J connectivity index is 2.00. The highest BCUT2D eigenvalue weighted by molar-refractivity contribution is 7.13. The van der Waals surface area contributed by atoms with Gasteiger partial charge in [0.15, 0.2) is 0 Å². The first-order valence-corrected chi connectivity index (χ1v) is 5.62. The summed E-state index contributed by atoms with van der Waals surface area (Å²) < 4.78 is 0. The van der Waals surface area contributed by atoms with Gasteiger partial charge >= 0.3 is 0 Å². The van der Waals surface area contributed by atoms with Gasteiger partial charge in [-0.3, -0.25) is 5.43 Å². The summed E-state index contributed by atoms with van der Waals surface area (Å²) in [6.45, 7) is 1.93. The number of rotatable bonds is 3. The molecule has 0 aliphatic heterocycles. The van der Waals surface area contributed by atoms with Gasteiger partial charge in [-0.05, 0) is 24.6 Å². The van der Waals surface area contributed by atoms with Crippen molar-refractivity contribution in [3.63, 3.8) is 0 Å². The number of aromatic hydroxyl groups is 1. The Kier molecular flexibility index (Phi) is 3.16. The number of nitrogens with one attached hydrogen (secondary N) is 1. The minimum Gasteiger partial charge on any atom is -0.508 e. The molecular formula is C11H11N3OS. The maximum Gasteiger partial charge on any atom is 0.203 e. The van der Waals surface area contributed by atoms with Crippen LogP contribution >= 0.6 is 11.3 Å². The standard InChI is InChI=1S/C11H11N3OS/c1-8-7-16-11(13-8)14-12-6-9-3-2-4-10(15)5-9/h2-7,15H,1H3,(H,13,14)/b12-6-. The number of anilines is 1. The van der Waals surface area contributed by atoms with Crippen LogP contribution < -0.4 is 5.43 Å². The predicted molar refractivity (Wildman–Crippen MR) is 66.2 cm³/mol. The molecule has 5 heteroatoms. The fourth-order valence-electron chi connectivity index (χ4n) is 1.17. The maximum absolute atomic E-state index is 9.24. The van der Waals surface area contributed by atoms with E-state index in [-0.39, 0.29) is 5.75 Å². The highest BCUT2D eigenvalue weighted by Gasteiger charge is 1.94. The van der Waals surface area contributed by atoms with Crippen molar-refractivity contribution in [2.45, 2.75) is 6.92 Å². The van der Waals surface area contributed by atoms with E-state index in [2.05, 4.69) is 15.5 Å². The molecule has 0 fully saturated rings. The molecule has 1 aromatic heterocycles. The van der Waals surface area contributed by atoms with E-state index in [0.717, 1.165) is 16.4 Å². The van der Waals surface area contributed by atoms with Gasteiger partial charge in [0, 0.05) is 5.38 Å². The molecule has 16 heavy (non-hydrogen) atoms. The summed E-state index contributed by atoms with van der Waals surface area (Å²) in [4.78, 5) is 4.20. The first-order valence-electron chi connectivity index (χ1n) is 4.74. The second-order valence-electron chi connectivity index (χ2n) is 3.26. The zero-order valence-electron chi connectivity index (χ0n) is 8.71. The zero-order valence-corrected chi connectivity index (χ0v) is 9.53. The molecule has 0 unspecified atom stereocenters. The third-order valence-electron chi connectivity index (χ3n) is 1.86. The second-order valence-corrected chi connectivity index (χ2v) is 4.12. The number of phenols is 1. The molecule has 0 atom stereocenters. The largest absolute Gasteiger partial charge is 0.508 e. The van der Waals surface area contributed by atoms with Crippen LogP contribution in [0.25, 0.3) is 0 Å². The zero-order chi connectivity index (χ0) is 11.4. The fourth-order valence-corrected chi connectivity index (χ4v) is 1.81. The number of thiazole rings is 1. The molecule has 4 nitrogen and oxygen atoms in total. The van der Waals surface area contributed by atoms with E-state index in [1.165, 1.54) is 11.3 Å². The number of hydrogen-bond acceptors (Lipinski definition) is 5. The molecule has 0 aliphatic carbocycles. The van der Waals surface area contributed by atoms with Gasteiger partial charge in [0.05, 0.1) is 11.9 Å². The van der Waals surface area contributed by atoms with Crippen LogP contribution in [0.3, 0.4) is 0 Å². The van der Waals surface area contributed by atoms with Gasteiger partial charge in [-0.25, -0.2) is 4.98 Å². The van der Waals surface area contributed by atoms with E-state index in [1.807, 2.05) is 18.4 Å². The van der Waals surface area contributed by atoms with Crippen molar-refractivity contribution in [3.05, 3.63) is 40.9 Å². The van der Waals surface area contributed by atoms with E-state index in [9.17, 15) is 5.11 Å². The van der Waals surface area contributed by atoms with Gasteiger partial charge in [0.2, 0.25) is 5.13 Å². The second kappa shape index (κ2) is 4.76. The molecule has 0 spiro atoms. The Hall–Kier alpha value is -1.88. The van der Waals surface area contributed by atoms with Gasteiger partial charge in [-0.15, -0.1) is 11.3 Å². The summed E-state index contributed by atoms with van der Waals surface area (Å²) in [7, 11) is 0. The third kappa shape index (κ3) is 2.80. The van der Waals surface area contributed by atoms with Gasteiger partial charge in [-0.2, -0.15) is 5.10 Å². The highest BCUT2D eigenvalue weighted by Crippen LogP contribution is 2.14. The Labute approximate surface area is 97.3 Å². The van der Waals surface area contributed by atoms with Crippen molar-refractivity contribution in [1.82, 2.24) is 4.98 Å². The molecule has 2 rings (SSSR count). The van der Waals surface area contributed by atoms with Gasteiger partial charge in [-0.1, -0.05) is 12.1 Å². The number of benzene rings is 1. The summed E-state index contributed by atoms with van der Waals surface area (Å²) in [5, 5.41) is 16.0. The number of hydrogen-bond donors (Lipinski definition) is 2. The van der Waals surface area contributed by atoms with E-state index in [4.69, 9.17) is 0 Å². The fraction of sp³-hybridized carbons (Fsp3) is 0.0909. The van der Waals surface area contributed by atoms with Crippen LogP contribution in [0, 0.1) is 6.92 Å². The molecule has 1 aromatic carbocycles. The number of nitrogens with zero attached hydrogens (tertiary/aromatic N) is 2. The normalized spacial score (nSPS) is 10.8.